The van der Waals surface area contributed by atoms with Crippen LogP contribution in [0.4, 0.5) is 5.69 Å². The third-order valence-electron chi connectivity index (χ3n) is 2.15. The monoisotopic (exact) mass is 290 g/mol. The summed E-state index contributed by atoms with van der Waals surface area (Å²) in [6.45, 7) is 0.537. The molecule has 0 radical (unpaired) electrons. The molecule has 1 aromatic carbocycles. The fraction of sp³-hybridized carbons (Fsp3) is 0.455. The molecule has 0 bridgehead atoms. The first-order valence-electron chi connectivity index (χ1n) is 5.60. The minimum atomic E-state index is -3.47. The van der Waals surface area contributed by atoms with Crippen molar-refractivity contribution < 1.29 is 13.5 Å². The van der Waals surface area contributed by atoms with Crippen LogP contribution in [-0.4, -0.2) is 38.2 Å². The lowest BCUT2D eigenvalue weighted by Gasteiger charge is -2.07. The van der Waals surface area contributed by atoms with Gasteiger partial charge in [0.1, 0.15) is 0 Å². The van der Waals surface area contributed by atoms with E-state index in [-0.39, 0.29) is 11.5 Å². The van der Waals surface area contributed by atoms with Crippen LogP contribution >= 0.6 is 11.8 Å². The van der Waals surface area contributed by atoms with Crippen LogP contribution in [-0.2, 0) is 10.0 Å². The number of hydrogen-bond acceptors (Lipinski definition) is 5. The SMILES string of the molecule is Nc1cccc(S(=O)(=O)NCCSCCCO)c1. The Morgan fingerprint density at radius 2 is 2.11 bits per heavy atom. The molecule has 0 unspecified atom stereocenters. The van der Waals surface area contributed by atoms with Crippen molar-refractivity contribution in [3.63, 3.8) is 0 Å². The van der Waals surface area contributed by atoms with Gasteiger partial charge >= 0.3 is 0 Å². The van der Waals surface area contributed by atoms with Crippen LogP contribution in [0.1, 0.15) is 6.42 Å². The molecular weight excluding hydrogens is 272 g/mol. The highest BCUT2D eigenvalue weighted by atomic mass is 32.2. The van der Waals surface area contributed by atoms with E-state index in [1.54, 1.807) is 23.9 Å². The highest BCUT2D eigenvalue weighted by Crippen LogP contribution is 2.12. The van der Waals surface area contributed by atoms with Gasteiger partial charge in [-0.1, -0.05) is 6.07 Å². The molecule has 18 heavy (non-hydrogen) atoms. The molecule has 7 heteroatoms. The number of benzene rings is 1. The lowest BCUT2D eigenvalue weighted by Crippen LogP contribution is -2.26. The normalized spacial score (nSPS) is 11.6. The third kappa shape index (κ3) is 5.26. The summed E-state index contributed by atoms with van der Waals surface area (Å²) in [7, 11) is -3.47. The Hall–Kier alpha value is -0.760. The summed E-state index contributed by atoms with van der Waals surface area (Å²) in [6.07, 6.45) is 0.729. The van der Waals surface area contributed by atoms with Crippen LogP contribution in [0.25, 0.3) is 0 Å². The Balaban J connectivity index is 2.41. The molecule has 0 spiro atoms. The van der Waals surface area contributed by atoms with Gasteiger partial charge in [0, 0.05) is 24.6 Å². The van der Waals surface area contributed by atoms with Gasteiger partial charge in [0.2, 0.25) is 10.0 Å². The van der Waals surface area contributed by atoms with Crippen molar-refractivity contribution in [2.24, 2.45) is 0 Å². The van der Waals surface area contributed by atoms with E-state index in [0.29, 0.717) is 18.0 Å². The first-order valence-corrected chi connectivity index (χ1v) is 8.24. The number of anilines is 1. The standard InChI is InChI=1S/C11H18N2O3S2/c12-10-3-1-4-11(9-10)18(15,16)13-5-8-17-7-2-6-14/h1,3-4,9,13-14H,2,5-8,12H2. The minimum absolute atomic E-state index is 0.169. The summed E-state index contributed by atoms with van der Waals surface area (Å²) in [5, 5.41) is 8.59. The molecule has 5 nitrogen and oxygen atoms in total. The molecule has 1 rings (SSSR count). The predicted molar refractivity (Wildman–Crippen MR) is 75.1 cm³/mol. The van der Waals surface area contributed by atoms with Gasteiger partial charge in [0.15, 0.2) is 0 Å². The van der Waals surface area contributed by atoms with Gasteiger partial charge < -0.3 is 10.8 Å². The molecular formula is C11H18N2O3S2. The molecule has 0 fully saturated rings. The van der Waals surface area contributed by atoms with Crippen LogP contribution in [0, 0.1) is 0 Å². The maximum Gasteiger partial charge on any atom is 0.240 e. The topological polar surface area (TPSA) is 92.4 Å². The Kier molecular flexibility index (Phi) is 6.48. The molecule has 0 amide bonds. The number of thioether (sulfide) groups is 1. The van der Waals surface area contributed by atoms with E-state index in [0.717, 1.165) is 12.2 Å². The number of sulfonamides is 1. The summed E-state index contributed by atoms with van der Waals surface area (Å²) < 4.78 is 26.2. The summed E-state index contributed by atoms with van der Waals surface area (Å²) in [6, 6.07) is 6.20. The minimum Gasteiger partial charge on any atom is -0.399 e. The Labute approximate surface area is 112 Å². The van der Waals surface area contributed by atoms with E-state index in [1.807, 2.05) is 0 Å². The second kappa shape index (κ2) is 7.63. The van der Waals surface area contributed by atoms with Crippen molar-refractivity contribution in [2.45, 2.75) is 11.3 Å². The van der Waals surface area contributed by atoms with Crippen LogP contribution in [0.15, 0.2) is 29.2 Å². The number of aliphatic hydroxyl groups excluding tert-OH is 1. The fourth-order valence-corrected chi connectivity index (χ4v) is 3.28. The Bertz CT molecular complexity index is 463. The fourth-order valence-electron chi connectivity index (χ4n) is 1.28. The maximum absolute atomic E-state index is 11.9. The quantitative estimate of drug-likeness (QED) is 0.483. The lowest BCUT2D eigenvalue weighted by atomic mass is 10.3. The van der Waals surface area contributed by atoms with Crippen LogP contribution in [0.2, 0.25) is 0 Å². The molecule has 102 valence electrons. The van der Waals surface area contributed by atoms with E-state index < -0.39 is 10.0 Å². The zero-order valence-corrected chi connectivity index (χ0v) is 11.6. The number of hydrogen-bond donors (Lipinski definition) is 3. The highest BCUT2D eigenvalue weighted by molar-refractivity contribution is 7.99. The van der Waals surface area contributed by atoms with Gasteiger partial charge in [-0.15, -0.1) is 0 Å². The van der Waals surface area contributed by atoms with Gasteiger partial charge in [-0.25, -0.2) is 13.1 Å². The Morgan fingerprint density at radius 3 is 2.78 bits per heavy atom. The largest absolute Gasteiger partial charge is 0.399 e. The van der Waals surface area contributed by atoms with Crippen molar-refractivity contribution in [1.82, 2.24) is 4.72 Å². The first-order chi connectivity index (χ1) is 8.56. The van der Waals surface area contributed by atoms with Crippen molar-refractivity contribution >= 4 is 27.5 Å². The van der Waals surface area contributed by atoms with Crippen molar-refractivity contribution in [3.8, 4) is 0 Å². The zero-order valence-electron chi connectivity index (χ0n) is 10.0. The average Bonchev–Trinajstić information content (AvgIpc) is 2.33. The number of rotatable bonds is 8. The Morgan fingerprint density at radius 1 is 1.33 bits per heavy atom. The molecule has 0 aliphatic heterocycles. The second-order valence-electron chi connectivity index (χ2n) is 3.66. The first kappa shape index (κ1) is 15.3. The van der Waals surface area contributed by atoms with E-state index >= 15 is 0 Å². The smallest absolute Gasteiger partial charge is 0.240 e. The highest BCUT2D eigenvalue weighted by Gasteiger charge is 2.12. The summed E-state index contributed by atoms with van der Waals surface area (Å²) >= 11 is 1.61. The van der Waals surface area contributed by atoms with Gasteiger partial charge in [-0.2, -0.15) is 11.8 Å². The van der Waals surface area contributed by atoms with Crippen molar-refractivity contribution in [2.75, 3.05) is 30.4 Å². The molecule has 0 aliphatic carbocycles. The number of aliphatic hydroxyl groups is 1. The summed E-state index contributed by atoms with van der Waals surface area (Å²) in [4.78, 5) is 0.183. The molecule has 0 saturated carbocycles. The summed E-state index contributed by atoms with van der Waals surface area (Å²) in [5.74, 6) is 1.51. The molecule has 0 heterocycles. The van der Waals surface area contributed by atoms with Gasteiger partial charge in [-0.05, 0) is 30.4 Å². The van der Waals surface area contributed by atoms with E-state index in [9.17, 15) is 8.42 Å². The van der Waals surface area contributed by atoms with E-state index in [1.165, 1.54) is 12.1 Å². The molecule has 0 aromatic heterocycles. The van der Waals surface area contributed by atoms with Crippen molar-refractivity contribution in [3.05, 3.63) is 24.3 Å². The van der Waals surface area contributed by atoms with Crippen LogP contribution < -0.4 is 10.5 Å². The molecule has 4 N–H and O–H groups in total. The van der Waals surface area contributed by atoms with Gasteiger partial charge in [0.25, 0.3) is 0 Å². The molecule has 1 aromatic rings. The molecule has 0 saturated heterocycles. The maximum atomic E-state index is 11.9. The van der Waals surface area contributed by atoms with Crippen LogP contribution in [0.3, 0.4) is 0 Å². The molecule has 0 atom stereocenters. The lowest BCUT2D eigenvalue weighted by molar-refractivity contribution is 0.296. The van der Waals surface area contributed by atoms with E-state index in [4.69, 9.17) is 10.8 Å². The number of nitrogens with two attached hydrogens (primary N) is 1. The van der Waals surface area contributed by atoms with E-state index in [2.05, 4.69) is 4.72 Å². The predicted octanol–water partition coefficient (Wildman–Crippen LogP) is 0.663. The van der Waals surface area contributed by atoms with Gasteiger partial charge in [-0.3, -0.25) is 0 Å². The molecule has 0 aliphatic rings. The average molecular weight is 290 g/mol. The number of nitrogen functional groups attached to an aromatic ring is 1. The third-order valence-corrected chi connectivity index (χ3v) is 4.68. The second-order valence-corrected chi connectivity index (χ2v) is 6.65. The summed E-state index contributed by atoms with van der Waals surface area (Å²) in [5.41, 5.74) is 5.97. The van der Waals surface area contributed by atoms with Crippen LogP contribution in [0.5, 0.6) is 0 Å². The number of nitrogens with one attached hydrogen (secondary N) is 1. The zero-order chi connectivity index (χ0) is 13.4. The van der Waals surface area contributed by atoms with Crippen molar-refractivity contribution in [1.29, 1.82) is 0 Å². The van der Waals surface area contributed by atoms with Gasteiger partial charge in [0.05, 0.1) is 4.90 Å².